The Labute approximate surface area is 212 Å². The molecule has 36 heavy (non-hydrogen) atoms. The summed E-state index contributed by atoms with van der Waals surface area (Å²) in [5.74, 6) is 0.677. The van der Waals surface area contributed by atoms with Gasteiger partial charge in [-0.05, 0) is 48.7 Å². The molecule has 0 aliphatic carbocycles. The molecule has 3 heterocycles. The van der Waals surface area contributed by atoms with E-state index in [0.29, 0.717) is 30.9 Å². The van der Waals surface area contributed by atoms with Crippen molar-refractivity contribution in [1.82, 2.24) is 4.90 Å². The third-order valence-corrected chi connectivity index (χ3v) is 7.31. The highest BCUT2D eigenvalue weighted by atomic mass is 16.6. The van der Waals surface area contributed by atoms with Gasteiger partial charge in [0.15, 0.2) is 0 Å². The topological polar surface area (TPSA) is 101 Å². The van der Waals surface area contributed by atoms with E-state index in [1.165, 1.54) is 5.69 Å². The average molecular weight is 494 g/mol. The Morgan fingerprint density at radius 2 is 1.86 bits per heavy atom. The Hall–Kier alpha value is -2.79. The van der Waals surface area contributed by atoms with E-state index in [1.54, 1.807) is 4.90 Å². The number of ether oxygens (including phenoxy) is 2. The van der Waals surface area contributed by atoms with Gasteiger partial charge >= 0.3 is 13.2 Å². The molecule has 2 aromatic rings. The van der Waals surface area contributed by atoms with Gasteiger partial charge in [-0.25, -0.2) is 4.79 Å². The molecule has 2 aromatic carbocycles. The number of benzene rings is 2. The van der Waals surface area contributed by atoms with E-state index in [4.69, 9.17) is 19.9 Å². The number of carbonyl (C=O) groups is 1. The fourth-order valence-electron chi connectivity index (χ4n) is 5.20. The van der Waals surface area contributed by atoms with Gasteiger partial charge in [0.1, 0.15) is 11.9 Å². The molecule has 1 amide bonds. The summed E-state index contributed by atoms with van der Waals surface area (Å²) < 4.78 is 16.9. The zero-order valence-electron chi connectivity index (χ0n) is 20.8. The number of piperazine rings is 1. The second-order valence-corrected chi connectivity index (χ2v) is 9.54. The van der Waals surface area contributed by atoms with Crippen LogP contribution in [0.25, 0.3) is 0 Å². The minimum absolute atomic E-state index is 0.0201. The van der Waals surface area contributed by atoms with Crippen molar-refractivity contribution in [1.29, 1.82) is 0 Å². The number of hydrogen-bond acceptors (Lipinski definition) is 8. The van der Waals surface area contributed by atoms with E-state index in [0.717, 1.165) is 56.8 Å². The Bertz CT molecular complexity index is 1050. The van der Waals surface area contributed by atoms with Gasteiger partial charge in [0.2, 0.25) is 0 Å². The minimum atomic E-state index is -0.982. The van der Waals surface area contributed by atoms with Gasteiger partial charge in [-0.3, -0.25) is 9.80 Å². The van der Waals surface area contributed by atoms with E-state index < -0.39 is 7.12 Å². The van der Waals surface area contributed by atoms with Gasteiger partial charge in [0.05, 0.1) is 19.3 Å². The lowest BCUT2D eigenvalue weighted by atomic mass is 9.78. The molecule has 3 aliphatic heterocycles. The number of hydrogen-bond donors (Lipinski definition) is 2. The first-order valence-electron chi connectivity index (χ1n) is 12.9. The Morgan fingerprint density at radius 3 is 2.56 bits per heavy atom. The maximum absolute atomic E-state index is 12.1. The number of rotatable bonds is 9. The zero-order chi connectivity index (χ0) is 25.1. The second kappa shape index (κ2) is 11.1. The van der Waals surface area contributed by atoms with Crippen molar-refractivity contribution in [2.45, 2.75) is 32.0 Å². The third kappa shape index (κ3) is 5.17. The monoisotopic (exact) mass is 494 g/mol. The summed E-state index contributed by atoms with van der Waals surface area (Å²) in [6.45, 7) is 8.42. The van der Waals surface area contributed by atoms with Crippen LogP contribution in [0.1, 0.15) is 31.4 Å². The molecule has 2 atom stereocenters. The van der Waals surface area contributed by atoms with Crippen molar-refractivity contribution in [2.24, 2.45) is 5.73 Å². The lowest BCUT2D eigenvalue weighted by molar-refractivity contribution is 0.139. The predicted molar refractivity (Wildman–Crippen MR) is 140 cm³/mol. The van der Waals surface area contributed by atoms with Crippen LogP contribution in [0.2, 0.25) is 0 Å². The van der Waals surface area contributed by atoms with E-state index >= 15 is 0 Å². The first kappa shape index (κ1) is 24.9. The molecule has 10 heteroatoms. The summed E-state index contributed by atoms with van der Waals surface area (Å²) in [6.07, 6.45) is 1.18. The smallest absolute Gasteiger partial charge is 0.494 e. The quantitative estimate of drug-likeness (QED) is 0.402. The highest BCUT2D eigenvalue weighted by molar-refractivity contribution is 6.62. The summed E-state index contributed by atoms with van der Waals surface area (Å²) in [7, 11) is -0.982. The van der Waals surface area contributed by atoms with Crippen LogP contribution in [-0.2, 0) is 9.39 Å². The number of amides is 1. The molecule has 1 unspecified atom stereocenters. The Balaban J connectivity index is 1.06. The molecule has 0 aromatic heterocycles. The van der Waals surface area contributed by atoms with Crippen molar-refractivity contribution in [3.05, 3.63) is 48.0 Å². The molecule has 2 fully saturated rings. The third-order valence-electron chi connectivity index (χ3n) is 7.31. The van der Waals surface area contributed by atoms with E-state index in [-0.39, 0.29) is 18.3 Å². The maximum atomic E-state index is 12.1. The molecule has 0 spiro atoms. The predicted octanol–water partition coefficient (Wildman–Crippen LogP) is 1.73. The second-order valence-electron chi connectivity index (χ2n) is 9.54. The van der Waals surface area contributed by atoms with Gasteiger partial charge in [0.25, 0.3) is 0 Å². The Morgan fingerprint density at radius 1 is 1.11 bits per heavy atom. The van der Waals surface area contributed by atoms with Gasteiger partial charge in [-0.15, -0.1) is 0 Å². The first-order valence-corrected chi connectivity index (χ1v) is 12.9. The molecule has 0 saturated carbocycles. The molecule has 5 rings (SSSR count). The molecule has 3 aliphatic rings. The zero-order valence-corrected chi connectivity index (χ0v) is 20.8. The molecule has 0 bridgehead atoms. The number of anilines is 2. The summed E-state index contributed by atoms with van der Waals surface area (Å²) >= 11 is 0. The number of nitrogens with zero attached hydrogens (tertiary/aromatic N) is 3. The van der Waals surface area contributed by atoms with Crippen molar-refractivity contribution in [2.75, 3.05) is 62.2 Å². The normalized spacial score (nSPS) is 22.2. The fourth-order valence-corrected chi connectivity index (χ4v) is 5.20. The molecule has 9 nitrogen and oxygen atoms in total. The fraction of sp³-hybridized carbons (Fsp3) is 0.500. The van der Waals surface area contributed by atoms with Crippen LogP contribution in [0.4, 0.5) is 16.2 Å². The lowest BCUT2D eigenvalue weighted by Gasteiger charge is -2.36. The minimum Gasteiger partial charge on any atom is -0.494 e. The number of fused-ring (bicyclic) bond motifs is 1. The summed E-state index contributed by atoms with van der Waals surface area (Å²) in [4.78, 5) is 18.7. The van der Waals surface area contributed by atoms with Crippen LogP contribution in [0, 0.1) is 0 Å². The van der Waals surface area contributed by atoms with Gasteiger partial charge in [-0.1, -0.05) is 19.1 Å². The average Bonchev–Trinajstić information content (AvgIpc) is 3.46. The summed E-state index contributed by atoms with van der Waals surface area (Å²) in [5.41, 5.74) is 9.44. The van der Waals surface area contributed by atoms with Crippen LogP contribution in [0.15, 0.2) is 42.5 Å². The van der Waals surface area contributed by atoms with Gasteiger partial charge < -0.3 is 29.8 Å². The van der Waals surface area contributed by atoms with Crippen LogP contribution in [0.3, 0.4) is 0 Å². The lowest BCUT2D eigenvalue weighted by Crippen LogP contribution is -2.46. The molecule has 0 radical (unpaired) electrons. The van der Waals surface area contributed by atoms with Crippen LogP contribution >= 0.6 is 0 Å². The molecule has 3 N–H and O–H groups in total. The van der Waals surface area contributed by atoms with Gasteiger partial charge in [-0.2, -0.15) is 0 Å². The van der Waals surface area contributed by atoms with Gasteiger partial charge in [0, 0.05) is 56.1 Å². The van der Waals surface area contributed by atoms with Crippen molar-refractivity contribution >= 4 is 30.0 Å². The molecule has 192 valence electrons. The van der Waals surface area contributed by atoms with Crippen molar-refractivity contribution in [3.8, 4) is 5.75 Å². The van der Waals surface area contributed by atoms with E-state index in [9.17, 15) is 9.82 Å². The van der Waals surface area contributed by atoms with Crippen molar-refractivity contribution < 1.29 is 23.9 Å². The SMILES string of the molecule is CCC1CN(c2ccc(N3CCN(CCCOc4cccc5c4B(O)O[C@@H]5CN)CC3)cc2)C(=O)O1. The number of cyclic esters (lactones) is 1. The number of nitrogens with two attached hydrogens (primary N) is 1. The highest BCUT2D eigenvalue weighted by Crippen LogP contribution is 2.28. The summed E-state index contributed by atoms with van der Waals surface area (Å²) in [5, 5.41) is 10.3. The maximum Gasteiger partial charge on any atom is 0.495 e. The highest BCUT2D eigenvalue weighted by Gasteiger charge is 2.37. The standard InChI is InChI=1S/C26H35BN4O5/c1-2-21-18-31(26(32)35-21)20-9-7-19(8-10-20)30-14-12-29(13-15-30)11-4-16-34-23-6-3-5-22-24(17-28)36-27(33)25(22)23/h3,5-10,21,24,33H,2,4,11-18,28H2,1H3/t21?,24-/m1/s1. The largest absolute Gasteiger partial charge is 0.495 e. The first-order chi connectivity index (χ1) is 17.6. The Kier molecular flexibility index (Phi) is 7.66. The van der Waals surface area contributed by atoms with Crippen LogP contribution in [-0.4, -0.2) is 81.7 Å². The van der Waals surface area contributed by atoms with Crippen LogP contribution < -0.4 is 25.7 Å². The van der Waals surface area contributed by atoms with E-state index in [1.807, 2.05) is 37.3 Å². The summed E-state index contributed by atoms with van der Waals surface area (Å²) in [6, 6.07) is 13.9. The molecular weight excluding hydrogens is 459 g/mol. The molecular formula is C26H35BN4O5. The molecule has 2 saturated heterocycles. The number of carbonyl (C=O) groups excluding carboxylic acids is 1. The van der Waals surface area contributed by atoms with E-state index in [2.05, 4.69) is 21.9 Å². The van der Waals surface area contributed by atoms with Crippen molar-refractivity contribution in [3.63, 3.8) is 0 Å². The van der Waals surface area contributed by atoms with Crippen LogP contribution in [0.5, 0.6) is 5.75 Å².